The zero-order valence-electron chi connectivity index (χ0n) is 10.1. The highest BCUT2D eigenvalue weighted by Crippen LogP contribution is 2.10. The summed E-state index contributed by atoms with van der Waals surface area (Å²) in [7, 11) is 2.03. The first-order chi connectivity index (χ1) is 7.03. The maximum Gasteiger partial charge on any atom is 0.0826 e. The van der Waals surface area contributed by atoms with Crippen LogP contribution in [0.3, 0.4) is 0 Å². The number of ether oxygens (including phenoxy) is 1. The van der Waals surface area contributed by atoms with E-state index in [9.17, 15) is 5.11 Å². The van der Waals surface area contributed by atoms with Crippen molar-refractivity contribution in [3.05, 3.63) is 0 Å². The molecule has 1 aliphatic rings. The lowest BCUT2D eigenvalue weighted by Gasteiger charge is -2.32. The van der Waals surface area contributed by atoms with Crippen LogP contribution >= 0.6 is 0 Å². The molecule has 1 aliphatic heterocycles. The Labute approximate surface area is 92.6 Å². The van der Waals surface area contributed by atoms with Gasteiger partial charge in [0.05, 0.1) is 18.3 Å². The molecule has 1 saturated heterocycles. The number of hydrogen-bond donors (Lipinski definition) is 2. The maximum absolute atomic E-state index is 9.92. The average molecular weight is 216 g/mol. The van der Waals surface area contributed by atoms with Gasteiger partial charge in [-0.15, -0.1) is 0 Å². The van der Waals surface area contributed by atoms with Crippen molar-refractivity contribution in [3.8, 4) is 0 Å². The molecule has 2 unspecified atom stereocenters. The van der Waals surface area contributed by atoms with Crippen molar-refractivity contribution in [3.63, 3.8) is 0 Å². The first-order valence-electron chi connectivity index (χ1n) is 5.77. The Morgan fingerprint density at radius 1 is 1.60 bits per heavy atom. The van der Waals surface area contributed by atoms with E-state index >= 15 is 0 Å². The van der Waals surface area contributed by atoms with Gasteiger partial charge in [0.25, 0.3) is 0 Å². The molecule has 1 heterocycles. The predicted molar refractivity (Wildman–Crippen MR) is 61.0 cm³/mol. The molecule has 1 rings (SSSR count). The van der Waals surface area contributed by atoms with Crippen LogP contribution in [0.2, 0.25) is 0 Å². The van der Waals surface area contributed by atoms with E-state index in [0.29, 0.717) is 6.54 Å². The largest absolute Gasteiger partial charge is 0.389 e. The Bertz CT molecular complexity index is 179. The molecule has 0 radical (unpaired) electrons. The molecular weight excluding hydrogens is 192 g/mol. The molecule has 0 aromatic rings. The van der Waals surface area contributed by atoms with Gasteiger partial charge < -0.3 is 20.1 Å². The lowest BCUT2D eigenvalue weighted by atomic mass is 10.0. The second-order valence-electron chi connectivity index (χ2n) is 4.74. The van der Waals surface area contributed by atoms with Gasteiger partial charge in [-0.05, 0) is 20.4 Å². The molecule has 0 bridgehead atoms. The van der Waals surface area contributed by atoms with Gasteiger partial charge in [-0.3, -0.25) is 0 Å². The first-order valence-corrected chi connectivity index (χ1v) is 5.77. The Morgan fingerprint density at radius 3 is 2.87 bits per heavy atom. The molecule has 0 aliphatic carbocycles. The minimum atomic E-state index is -0.586. The summed E-state index contributed by atoms with van der Waals surface area (Å²) in [6.07, 6.45) is 1.04. The van der Waals surface area contributed by atoms with Gasteiger partial charge in [0.2, 0.25) is 0 Å². The SMILES string of the molecule is CCC(C)(O)CN(C)CC1CNCCO1. The molecule has 0 aromatic carbocycles. The second-order valence-corrected chi connectivity index (χ2v) is 4.74. The molecular formula is C11H24N2O2. The van der Waals surface area contributed by atoms with E-state index in [0.717, 1.165) is 32.7 Å². The van der Waals surface area contributed by atoms with Gasteiger partial charge in [-0.25, -0.2) is 0 Å². The summed E-state index contributed by atoms with van der Waals surface area (Å²) in [6.45, 7) is 8.12. The van der Waals surface area contributed by atoms with Crippen molar-refractivity contribution in [2.45, 2.75) is 32.0 Å². The van der Waals surface area contributed by atoms with Crippen molar-refractivity contribution in [2.75, 3.05) is 39.8 Å². The summed E-state index contributed by atoms with van der Waals surface area (Å²) >= 11 is 0. The van der Waals surface area contributed by atoms with Crippen LogP contribution in [0.25, 0.3) is 0 Å². The predicted octanol–water partition coefficient (Wildman–Crippen LogP) is 0.0676. The smallest absolute Gasteiger partial charge is 0.0826 e. The number of nitrogens with zero attached hydrogens (tertiary/aromatic N) is 1. The summed E-state index contributed by atoms with van der Waals surface area (Å²) in [6, 6.07) is 0. The summed E-state index contributed by atoms with van der Waals surface area (Å²) < 4.78 is 5.61. The highest BCUT2D eigenvalue weighted by Gasteiger charge is 2.22. The van der Waals surface area contributed by atoms with Crippen LogP contribution in [0.15, 0.2) is 0 Å². The molecule has 2 atom stereocenters. The Balaban J connectivity index is 2.25. The third-order valence-corrected chi connectivity index (χ3v) is 2.89. The zero-order valence-corrected chi connectivity index (χ0v) is 10.1. The van der Waals surface area contributed by atoms with E-state index in [-0.39, 0.29) is 6.10 Å². The fourth-order valence-electron chi connectivity index (χ4n) is 1.84. The summed E-state index contributed by atoms with van der Waals surface area (Å²) in [5, 5.41) is 13.2. The molecule has 0 aromatic heterocycles. The normalized spacial score (nSPS) is 26.6. The third-order valence-electron chi connectivity index (χ3n) is 2.89. The molecule has 15 heavy (non-hydrogen) atoms. The van der Waals surface area contributed by atoms with Crippen molar-refractivity contribution in [2.24, 2.45) is 0 Å². The van der Waals surface area contributed by atoms with Crippen LogP contribution in [-0.2, 0) is 4.74 Å². The van der Waals surface area contributed by atoms with Gasteiger partial charge in [0.15, 0.2) is 0 Å². The number of likely N-dealkylation sites (N-methyl/N-ethyl adjacent to an activating group) is 1. The van der Waals surface area contributed by atoms with Crippen LogP contribution in [-0.4, -0.2) is 61.5 Å². The summed E-state index contributed by atoms with van der Waals surface area (Å²) in [4.78, 5) is 2.14. The van der Waals surface area contributed by atoms with Crippen LogP contribution in [0, 0.1) is 0 Å². The third kappa shape index (κ3) is 4.93. The topological polar surface area (TPSA) is 44.7 Å². The number of hydrogen-bond acceptors (Lipinski definition) is 4. The van der Waals surface area contributed by atoms with Crippen molar-refractivity contribution >= 4 is 0 Å². The monoisotopic (exact) mass is 216 g/mol. The Hall–Kier alpha value is -0.160. The quantitative estimate of drug-likeness (QED) is 0.682. The van der Waals surface area contributed by atoms with E-state index in [4.69, 9.17) is 4.74 Å². The van der Waals surface area contributed by atoms with Crippen molar-refractivity contribution in [1.29, 1.82) is 0 Å². The van der Waals surface area contributed by atoms with Gasteiger partial charge in [0.1, 0.15) is 0 Å². The van der Waals surface area contributed by atoms with Crippen LogP contribution in [0.5, 0.6) is 0 Å². The minimum absolute atomic E-state index is 0.261. The zero-order chi connectivity index (χ0) is 11.3. The molecule has 0 spiro atoms. The minimum Gasteiger partial charge on any atom is -0.389 e. The number of nitrogens with one attached hydrogen (secondary N) is 1. The van der Waals surface area contributed by atoms with Crippen molar-refractivity contribution < 1.29 is 9.84 Å². The van der Waals surface area contributed by atoms with Crippen LogP contribution < -0.4 is 5.32 Å². The van der Waals surface area contributed by atoms with Gasteiger partial charge >= 0.3 is 0 Å². The van der Waals surface area contributed by atoms with Crippen LogP contribution in [0.1, 0.15) is 20.3 Å². The molecule has 0 saturated carbocycles. The lowest BCUT2D eigenvalue weighted by molar-refractivity contribution is -0.0175. The van der Waals surface area contributed by atoms with Gasteiger partial charge in [-0.1, -0.05) is 6.92 Å². The first kappa shape index (κ1) is 12.9. The molecule has 1 fully saturated rings. The highest BCUT2D eigenvalue weighted by molar-refractivity contribution is 4.77. The van der Waals surface area contributed by atoms with E-state index in [1.807, 2.05) is 20.9 Å². The molecule has 0 amide bonds. The van der Waals surface area contributed by atoms with Crippen LogP contribution in [0.4, 0.5) is 0 Å². The number of rotatable bonds is 5. The Kier molecular flexibility index (Phi) is 4.99. The van der Waals surface area contributed by atoms with E-state index in [1.54, 1.807) is 0 Å². The number of aliphatic hydroxyl groups is 1. The van der Waals surface area contributed by atoms with E-state index in [1.165, 1.54) is 0 Å². The standard InChI is InChI=1S/C11H24N2O2/c1-4-11(2,14)9-13(3)8-10-7-12-5-6-15-10/h10,12,14H,4-9H2,1-3H3. The maximum atomic E-state index is 9.92. The fourth-order valence-corrected chi connectivity index (χ4v) is 1.84. The Morgan fingerprint density at radius 2 is 2.33 bits per heavy atom. The van der Waals surface area contributed by atoms with Gasteiger partial charge in [0, 0.05) is 26.2 Å². The molecule has 4 heteroatoms. The molecule has 2 N–H and O–H groups in total. The van der Waals surface area contributed by atoms with Gasteiger partial charge in [-0.2, -0.15) is 0 Å². The van der Waals surface area contributed by atoms with Crippen molar-refractivity contribution in [1.82, 2.24) is 10.2 Å². The average Bonchev–Trinajstić information content (AvgIpc) is 2.18. The molecule has 90 valence electrons. The number of morpholine rings is 1. The molecule has 4 nitrogen and oxygen atoms in total. The lowest BCUT2D eigenvalue weighted by Crippen LogP contribution is -2.47. The van der Waals surface area contributed by atoms with E-state index in [2.05, 4.69) is 10.2 Å². The summed E-state index contributed by atoms with van der Waals surface area (Å²) in [5.74, 6) is 0. The fraction of sp³-hybridized carbons (Fsp3) is 1.00. The second kappa shape index (κ2) is 5.80. The summed E-state index contributed by atoms with van der Waals surface area (Å²) in [5.41, 5.74) is -0.586. The van der Waals surface area contributed by atoms with E-state index < -0.39 is 5.60 Å². The highest BCUT2D eigenvalue weighted by atomic mass is 16.5.